The number of hydrogen-bond acceptors (Lipinski definition) is 6. The van der Waals surface area contributed by atoms with E-state index in [4.69, 9.17) is 25.8 Å². The molecule has 0 aliphatic rings. The van der Waals surface area contributed by atoms with Crippen LogP contribution >= 0.6 is 46.9 Å². The van der Waals surface area contributed by atoms with Gasteiger partial charge >= 0.3 is 0 Å². The summed E-state index contributed by atoms with van der Waals surface area (Å²) in [5.74, 6) is 2.47. The highest BCUT2D eigenvalue weighted by Crippen LogP contribution is 2.34. The van der Waals surface area contributed by atoms with E-state index in [1.807, 2.05) is 13.0 Å². The standard InChI is InChI=1S/C19H26ClN3O4S.HI/c1-5-21-19(23-11-14(24)17-6-7-18(20)28-17)22-10-13-15(26-3)8-12(25-2)9-16(13)27-4;/h6-9,14,24H,5,10-11H2,1-4H3,(H2,21,22,23);1H. The number of benzene rings is 1. The van der Waals surface area contributed by atoms with Gasteiger partial charge in [-0.25, -0.2) is 4.99 Å². The first kappa shape index (κ1) is 25.6. The molecule has 1 heterocycles. The van der Waals surface area contributed by atoms with Gasteiger partial charge in [0.1, 0.15) is 23.4 Å². The van der Waals surface area contributed by atoms with Crippen LogP contribution in [0.15, 0.2) is 29.3 Å². The van der Waals surface area contributed by atoms with Crippen molar-refractivity contribution in [1.82, 2.24) is 10.6 Å². The summed E-state index contributed by atoms with van der Waals surface area (Å²) in [6.07, 6.45) is -0.675. The monoisotopic (exact) mass is 555 g/mol. The lowest BCUT2D eigenvalue weighted by Crippen LogP contribution is -2.39. The maximum Gasteiger partial charge on any atom is 0.191 e. The lowest BCUT2D eigenvalue weighted by molar-refractivity contribution is 0.184. The van der Waals surface area contributed by atoms with Gasteiger partial charge in [-0.2, -0.15) is 0 Å². The van der Waals surface area contributed by atoms with Crippen LogP contribution in [0.5, 0.6) is 17.2 Å². The first-order chi connectivity index (χ1) is 13.5. The average molecular weight is 556 g/mol. The molecule has 0 amide bonds. The highest BCUT2D eigenvalue weighted by atomic mass is 127. The van der Waals surface area contributed by atoms with Crippen molar-refractivity contribution < 1.29 is 19.3 Å². The molecule has 10 heteroatoms. The Morgan fingerprint density at radius 3 is 2.28 bits per heavy atom. The molecule has 3 N–H and O–H groups in total. The molecule has 1 atom stereocenters. The second-order valence-corrected chi connectivity index (χ2v) is 7.49. The van der Waals surface area contributed by atoms with Gasteiger partial charge in [0.15, 0.2) is 5.96 Å². The second kappa shape index (κ2) is 13.0. The number of hydrogen-bond donors (Lipinski definition) is 3. The fourth-order valence-electron chi connectivity index (χ4n) is 2.53. The number of nitrogens with zero attached hydrogens (tertiary/aromatic N) is 1. The first-order valence-electron chi connectivity index (χ1n) is 8.76. The van der Waals surface area contributed by atoms with Gasteiger partial charge in [-0.3, -0.25) is 0 Å². The van der Waals surface area contributed by atoms with Crippen molar-refractivity contribution in [3.8, 4) is 17.2 Å². The summed E-state index contributed by atoms with van der Waals surface area (Å²) in [6.45, 7) is 3.29. The van der Waals surface area contributed by atoms with Crippen molar-refractivity contribution in [2.45, 2.75) is 19.6 Å². The Balaban J connectivity index is 0.00000420. The Kier molecular flexibility index (Phi) is 11.5. The SMILES string of the molecule is CCNC(=NCc1c(OC)cc(OC)cc1OC)NCC(O)c1ccc(Cl)s1.I. The smallest absolute Gasteiger partial charge is 0.191 e. The second-order valence-electron chi connectivity index (χ2n) is 5.74. The summed E-state index contributed by atoms with van der Waals surface area (Å²) in [6, 6.07) is 7.17. The van der Waals surface area contributed by atoms with E-state index in [1.165, 1.54) is 11.3 Å². The molecule has 162 valence electrons. The molecule has 0 saturated carbocycles. The van der Waals surface area contributed by atoms with Crippen molar-refractivity contribution in [2.24, 2.45) is 4.99 Å². The van der Waals surface area contributed by atoms with Gasteiger partial charge in [0.25, 0.3) is 0 Å². The molecule has 1 unspecified atom stereocenters. The van der Waals surface area contributed by atoms with Crippen LogP contribution in [0, 0.1) is 0 Å². The van der Waals surface area contributed by atoms with E-state index in [1.54, 1.807) is 39.5 Å². The number of aliphatic hydroxyl groups is 1. The summed E-state index contributed by atoms with van der Waals surface area (Å²) in [7, 11) is 4.77. The van der Waals surface area contributed by atoms with Crippen LogP contribution in [0.3, 0.4) is 0 Å². The van der Waals surface area contributed by atoms with E-state index in [2.05, 4.69) is 15.6 Å². The maximum atomic E-state index is 10.3. The van der Waals surface area contributed by atoms with E-state index in [0.717, 1.165) is 10.4 Å². The van der Waals surface area contributed by atoms with Crippen LogP contribution in [0.2, 0.25) is 4.34 Å². The molecule has 0 bridgehead atoms. The van der Waals surface area contributed by atoms with Crippen LogP contribution in [0.25, 0.3) is 0 Å². The quantitative estimate of drug-likeness (QED) is 0.248. The number of rotatable bonds is 9. The van der Waals surface area contributed by atoms with Gasteiger partial charge in [-0.1, -0.05) is 11.6 Å². The van der Waals surface area contributed by atoms with Crippen LogP contribution in [-0.4, -0.2) is 45.5 Å². The highest BCUT2D eigenvalue weighted by molar-refractivity contribution is 14.0. The number of aliphatic imine (C=N–C) groups is 1. The summed E-state index contributed by atoms with van der Waals surface area (Å²) in [5, 5.41) is 16.6. The van der Waals surface area contributed by atoms with Crippen molar-refractivity contribution in [3.63, 3.8) is 0 Å². The van der Waals surface area contributed by atoms with Gasteiger partial charge in [0.2, 0.25) is 0 Å². The van der Waals surface area contributed by atoms with Crippen LogP contribution < -0.4 is 24.8 Å². The number of aliphatic hydroxyl groups excluding tert-OH is 1. The molecular weight excluding hydrogens is 529 g/mol. The molecule has 7 nitrogen and oxygen atoms in total. The molecule has 0 radical (unpaired) electrons. The molecule has 0 spiro atoms. The minimum absolute atomic E-state index is 0. The third-order valence-corrected chi connectivity index (χ3v) is 5.27. The van der Waals surface area contributed by atoms with Crippen molar-refractivity contribution in [1.29, 1.82) is 0 Å². The van der Waals surface area contributed by atoms with Gasteiger partial charge in [-0.05, 0) is 19.1 Å². The predicted molar refractivity (Wildman–Crippen MR) is 129 cm³/mol. The molecule has 0 aliphatic heterocycles. The molecule has 1 aromatic carbocycles. The molecule has 2 rings (SSSR count). The zero-order chi connectivity index (χ0) is 20.5. The van der Waals surface area contributed by atoms with Crippen LogP contribution in [0.4, 0.5) is 0 Å². The predicted octanol–water partition coefficient (Wildman–Crippen LogP) is 3.83. The minimum atomic E-state index is -0.675. The van der Waals surface area contributed by atoms with Crippen molar-refractivity contribution in [2.75, 3.05) is 34.4 Å². The Morgan fingerprint density at radius 1 is 1.14 bits per heavy atom. The van der Waals surface area contributed by atoms with Crippen molar-refractivity contribution in [3.05, 3.63) is 39.0 Å². The third kappa shape index (κ3) is 7.40. The van der Waals surface area contributed by atoms with Gasteiger partial charge in [0, 0.05) is 30.1 Å². The minimum Gasteiger partial charge on any atom is -0.496 e. The largest absolute Gasteiger partial charge is 0.496 e. The molecule has 2 aromatic rings. The van der Waals surface area contributed by atoms with E-state index in [-0.39, 0.29) is 24.0 Å². The molecule has 0 saturated heterocycles. The Hall–Kier alpha value is -1.43. The topological polar surface area (TPSA) is 84.3 Å². The number of ether oxygens (including phenoxy) is 3. The summed E-state index contributed by atoms with van der Waals surface area (Å²) < 4.78 is 16.8. The Morgan fingerprint density at radius 2 is 1.79 bits per heavy atom. The summed E-state index contributed by atoms with van der Waals surface area (Å²) in [5.41, 5.74) is 0.800. The van der Waals surface area contributed by atoms with E-state index < -0.39 is 6.10 Å². The number of methoxy groups -OCH3 is 3. The van der Waals surface area contributed by atoms with Crippen LogP contribution in [-0.2, 0) is 6.54 Å². The lowest BCUT2D eigenvalue weighted by atomic mass is 10.1. The molecule has 0 aliphatic carbocycles. The lowest BCUT2D eigenvalue weighted by Gasteiger charge is -2.16. The van der Waals surface area contributed by atoms with Gasteiger partial charge in [0.05, 0.1) is 37.8 Å². The van der Waals surface area contributed by atoms with Gasteiger partial charge in [-0.15, -0.1) is 35.3 Å². The molecule has 29 heavy (non-hydrogen) atoms. The number of nitrogens with one attached hydrogen (secondary N) is 2. The normalized spacial score (nSPS) is 12.0. The molecular formula is C19H27ClIN3O4S. The average Bonchev–Trinajstić information content (AvgIpc) is 3.15. The van der Waals surface area contributed by atoms with E-state index in [0.29, 0.717) is 47.2 Å². The summed E-state index contributed by atoms with van der Waals surface area (Å²) >= 11 is 7.29. The first-order valence-corrected chi connectivity index (χ1v) is 9.96. The van der Waals surface area contributed by atoms with Gasteiger partial charge < -0.3 is 30.0 Å². The molecule has 1 aromatic heterocycles. The fraction of sp³-hybridized carbons (Fsp3) is 0.421. The Labute approximate surface area is 197 Å². The molecule has 0 fully saturated rings. The van der Waals surface area contributed by atoms with E-state index >= 15 is 0 Å². The van der Waals surface area contributed by atoms with E-state index in [9.17, 15) is 5.11 Å². The summed E-state index contributed by atoms with van der Waals surface area (Å²) in [4.78, 5) is 5.39. The number of halogens is 2. The number of guanidine groups is 1. The number of thiophene rings is 1. The zero-order valence-electron chi connectivity index (χ0n) is 16.8. The fourth-order valence-corrected chi connectivity index (χ4v) is 3.58. The van der Waals surface area contributed by atoms with Crippen molar-refractivity contribution >= 4 is 52.9 Å². The zero-order valence-corrected chi connectivity index (χ0v) is 20.7. The highest BCUT2D eigenvalue weighted by Gasteiger charge is 2.14. The third-order valence-electron chi connectivity index (χ3n) is 3.94. The maximum absolute atomic E-state index is 10.3. The van der Waals surface area contributed by atoms with Crippen LogP contribution in [0.1, 0.15) is 23.5 Å². The Bertz CT molecular complexity index is 779.